The van der Waals surface area contributed by atoms with Crippen LogP contribution in [-0.2, 0) is 0 Å². The van der Waals surface area contributed by atoms with Crippen LogP contribution in [0.15, 0.2) is 30.6 Å². The Morgan fingerprint density at radius 3 is 2.78 bits per heavy atom. The summed E-state index contributed by atoms with van der Waals surface area (Å²) in [7, 11) is 0. The molecule has 1 aromatic carbocycles. The molecular formula is C16H16Cl2N4O. The number of hydrogen-bond donors (Lipinski definition) is 1. The van der Waals surface area contributed by atoms with E-state index in [0.29, 0.717) is 34.5 Å². The van der Waals surface area contributed by atoms with Crippen LogP contribution in [0.25, 0.3) is 11.3 Å². The Kier molecular flexibility index (Phi) is 4.80. The Balaban J connectivity index is 1.87. The third-order valence-corrected chi connectivity index (χ3v) is 4.59. The van der Waals surface area contributed by atoms with E-state index in [0.717, 1.165) is 18.4 Å². The van der Waals surface area contributed by atoms with Crippen molar-refractivity contribution in [1.29, 1.82) is 0 Å². The molecule has 1 unspecified atom stereocenters. The molecule has 2 heterocycles. The molecule has 1 amide bonds. The van der Waals surface area contributed by atoms with Crippen molar-refractivity contribution < 1.29 is 4.79 Å². The molecule has 5 nitrogen and oxygen atoms in total. The lowest BCUT2D eigenvalue weighted by atomic mass is 10.1. The molecule has 3 rings (SSSR count). The Morgan fingerprint density at radius 2 is 2.04 bits per heavy atom. The van der Waals surface area contributed by atoms with Crippen molar-refractivity contribution in [2.45, 2.75) is 18.9 Å². The maximum atomic E-state index is 12.6. The second-order valence-electron chi connectivity index (χ2n) is 5.57. The van der Waals surface area contributed by atoms with Gasteiger partial charge in [0.1, 0.15) is 12.0 Å². The third kappa shape index (κ3) is 3.63. The van der Waals surface area contributed by atoms with E-state index in [-0.39, 0.29) is 11.9 Å². The zero-order chi connectivity index (χ0) is 16.4. The molecule has 1 atom stereocenters. The summed E-state index contributed by atoms with van der Waals surface area (Å²) >= 11 is 12.0. The molecule has 0 radical (unpaired) electrons. The lowest BCUT2D eigenvalue weighted by Crippen LogP contribution is -2.45. The fourth-order valence-electron chi connectivity index (χ4n) is 2.64. The van der Waals surface area contributed by atoms with Crippen LogP contribution in [0.1, 0.15) is 23.3 Å². The van der Waals surface area contributed by atoms with E-state index in [4.69, 9.17) is 28.9 Å². The molecular weight excluding hydrogens is 335 g/mol. The summed E-state index contributed by atoms with van der Waals surface area (Å²) < 4.78 is 0. The second-order valence-corrected chi connectivity index (χ2v) is 6.39. The molecule has 120 valence electrons. The fraction of sp³-hybridized carbons (Fsp3) is 0.312. The van der Waals surface area contributed by atoms with Crippen molar-refractivity contribution in [2.24, 2.45) is 5.73 Å². The molecule has 1 aromatic heterocycles. The van der Waals surface area contributed by atoms with Crippen LogP contribution in [0.4, 0.5) is 0 Å². The topological polar surface area (TPSA) is 72.1 Å². The highest BCUT2D eigenvalue weighted by molar-refractivity contribution is 6.42. The summed E-state index contributed by atoms with van der Waals surface area (Å²) in [6, 6.07) is 6.93. The van der Waals surface area contributed by atoms with Gasteiger partial charge in [0.15, 0.2) is 0 Å². The summed E-state index contributed by atoms with van der Waals surface area (Å²) in [4.78, 5) is 22.6. The highest BCUT2D eigenvalue weighted by atomic mass is 35.5. The minimum atomic E-state index is -0.121. The van der Waals surface area contributed by atoms with E-state index in [9.17, 15) is 4.79 Å². The smallest absolute Gasteiger partial charge is 0.272 e. The van der Waals surface area contributed by atoms with Crippen LogP contribution < -0.4 is 5.73 Å². The lowest BCUT2D eigenvalue weighted by molar-refractivity contribution is 0.0702. The van der Waals surface area contributed by atoms with Crippen molar-refractivity contribution in [1.82, 2.24) is 14.9 Å². The van der Waals surface area contributed by atoms with Gasteiger partial charge in [-0.1, -0.05) is 29.3 Å². The number of benzene rings is 1. The monoisotopic (exact) mass is 350 g/mol. The number of likely N-dealkylation sites (tertiary alicyclic amines) is 1. The average molecular weight is 351 g/mol. The number of hydrogen-bond acceptors (Lipinski definition) is 4. The summed E-state index contributed by atoms with van der Waals surface area (Å²) in [5.41, 5.74) is 7.71. The number of nitrogens with zero attached hydrogens (tertiary/aromatic N) is 3. The first kappa shape index (κ1) is 16.2. The molecule has 0 saturated carbocycles. The lowest BCUT2D eigenvalue weighted by Gasteiger charge is -2.30. The molecule has 0 bridgehead atoms. The molecule has 23 heavy (non-hydrogen) atoms. The zero-order valence-electron chi connectivity index (χ0n) is 12.4. The molecule has 1 aliphatic rings. The maximum Gasteiger partial charge on any atom is 0.272 e. The summed E-state index contributed by atoms with van der Waals surface area (Å²) in [6.07, 6.45) is 3.24. The first-order chi connectivity index (χ1) is 11.0. The van der Waals surface area contributed by atoms with Crippen molar-refractivity contribution >= 4 is 29.1 Å². The molecule has 0 spiro atoms. The van der Waals surface area contributed by atoms with Crippen LogP contribution in [0.2, 0.25) is 10.0 Å². The van der Waals surface area contributed by atoms with Gasteiger partial charge in [0.25, 0.3) is 5.91 Å². The van der Waals surface area contributed by atoms with Gasteiger partial charge in [0, 0.05) is 24.7 Å². The van der Waals surface area contributed by atoms with E-state index >= 15 is 0 Å². The highest BCUT2D eigenvalue weighted by Gasteiger charge is 2.23. The number of nitrogens with two attached hydrogens (primary N) is 1. The maximum absolute atomic E-state index is 12.6. The number of carbonyl (C=O) groups is 1. The standard InChI is InChI=1S/C16H16Cl2N4O/c17-12-4-3-10(6-13(12)18)14-7-15(21-9-20-14)16(23)22-5-1-2-11(19)8-22/h3-4,6-7,9,11H,1-2,5,8,19H2. The molecule has 2 N–H and O–H groups in total. The largest absolute Gasteiger partial charge is 0.336 e. The third-order valence-electron chi connectivity index (χ3n) is 3.85. The van der Waals surface area contributed by atoms with Gasteiger partial charge < -0.3 is 10.6 Å². The quantitative estimate of drug-likeness (QED) is 0.903. The van der Waals surface area contributed by atoms with Crippen molar-refractivity contribution in [3.8, 4) is 11.3 Å². The van der Waals surface area contributed by atoms with Gasteiger partial charge in [-0.3, -0.25) is 4.79 Å². The van der Waals surface area contributed by atoms with Crippen molar-refractivity contribution in [3.63, 3.8) is 0 Å². The number of rotatable bonds is 2. The van der Waals surface area contributed by atoms with Crippen LogP contribution >= 0.6 is 23.2 Å². The van der Waals surface area contributed by atoms with Gasteiger partial charge in [-0.25, -0.2) is 9.97 Å². The van der Waals surface area contributed by atoms with E-state index < -0.39 is 0 Å². The Morgan fingerprint density at radius 1 is 1.22 bits per heavy atom. The van der Waals surface area contributed by atoms with Gasteiger partial charge in [-0.2, -0.15) is 0 Å². The van der Waals surface area contributed by atoms with Crippen LogP contribution in [0, 0.1) is 0 Å². The van der Waals surface area contributed by atoms with Gasteiger partial charge in [-0.15, -0.1) is 0 Å². The Bertz CT molecular complexity index is 738. The number of piperidine rings is 1. The van der Waals surface area contributed by atoms with E-state index in [1.54, 1.807) is 23.1 Å². The van der Waals surface area contributed by atoms with E-state index in [1.165, 1.54) is 6.33 Å². The first-order valence-electron chi connectivity index (χ1n) is 7.37. The molecule has 7 heteroatoms. The van der Waals surface area contributed by atoms with Crippen LogP contribution in [0.3, 0.4) is 0 Å². The number of halogens is 2. The molecule has 1 aliphatic heterocycles. The van der Waals surface area contributed by atoms with Gasteiger partial charge in [-0.05, 0) is 31.0 Å². The van der Waals surface area contributed by atoms with E-state index in [2.05, 4.69) is 9.97 Å². The summed E-state index contributed by atoms with van der Waals surface area (Å²) in [6.45, 7) is 1.27. The number of amides is 1. The number of carbonyl (C=O) groups excluding carboxylic acids is 1. The minimum absolute atomic E-state index is 0.0316. The molecule has 1 fully saturated rings. The molecule has 2 aromatic rings. The highest BCUT2D eigenvalue weighted by Crippen LogP contribution is 2.27. The van der Waals surface area contributed by atoms with Gasteiger partial charge in [0.2, 0.25) is 0 Å². The molecule has 0 aliphatic carbocycles. The number of aromatic nitrogens is 2. The van der Waals surface area contributed by atoms with Gasteiger partial charge in [0.05, 0.1) is 15.7 Å². The average Bonchev–Trinajstić information content (AvgIpc) is 2.57. The zero-order valence-corrected chi connectivity index (χ0v) is 13.9. The molecule has 1 saturated heterocycles. The minimum Gasteiger partial charge on any atom is -0.336 e. The first-order valence-corrected chi connectivity index (χ1v) is 8.12. The van der Waals surface area contributed by atoms with E-state index in [1.807, 2.05) is 6.07 Å². The SMILES string of the molecule is NC1CCCN(C(=O)c2cc(-c3ccc(Cl)c(Cl)c3)ncn2)C1. The predicted octanol–water partition coefficient (Wildman–Crippen LogP) is 3.01. The second kappa shape index (κ2) is 6.83. The summed E-state index contributed by atoms with van der Waals surface area (Å²) in [5, 5.41) is 0.917. The predicted molar refractivity (Wildman–Crippen MR) is 90.6 cm³/mol. The Hall–Kier alpha value is -1.69. The fourth-order valence-corrected chi connectivity index (χ4v) is 2.94. The van der Waals surface area contributed by atoms with Crippen LogP contribution in [0.5, 0.6) is 0 Å². The van der Waals surface area contributed by atoms with Crippen molar-refractivity contribution in [2.75, 3.05) is 13.1 Å². The van der Waals surface area contributed by atoms with Gasteiger partial charge >= 0.3 is 0 Å². The summed E-state index contributed by atoms with van der Waals surface area (Å²) in [5.74, 6) is -0.121. The van der Waals surface area contributed by atoms with Crippen LogP contribution in [-0.4, -0.2) is 39.9 Å². The van der Waals surface area contributed by atoms with Crippen molar-refractivity contribution in [3.05, 3.63) is 46.3 Å². The Labute approximate surface area is 144 Å². The normalized spacial score (nSPS) is 18.0.